The number of hydrogen-bond acceptors (Lipinski definition) is 4. The summed E-state index contributed by atoms with van der Waals surface area (Å²) in [4.78, 5) is 0. The maximum atomic E-state index is 5.51. The molecule has 29 heavy (non-hydrogen) atoms. The van der Waals surface area contributed by atoms with E-state index in [1.54, 1.807) is 14.2 Å². The summed E-state index contributed by atoms with van der Waals surface area (Å²) in [6.07, 6.45) is 0. The van der Waals surface area contributed by atoms with Crippen LogP contribution in [0.1, 0.15) is 22.5 Å². The van der Waals surface area contributed by atoms with E-state index in [-0.39, 0.29) is 0 Å². The van der Waals surface area contributed by atoms with Crippen LogP contribution in [0.15, 0.2) is 42.5 Å². The molecule has 1 heterocycles. The third-order valence-electron chi connectivity index (χ3n) is 4.84. The van der Waals surface area contributed by atoms with Gasteiger partial charge in [0.1, 0.15) is 0 Å². The van der Waals surface area contributed by atoms with E-state index < -0.39 is 0 Å². The third-order valence-corrected chi connectivity index (χ3v) is 5.05. The Morgan fingerprint density at radius 2 is 1.72 bits per heavy atom. The summed E-state index contributed by atoms with van der Waals surface area (Å²) in [6, 6.07) is 13.9. The van der Waals surface area contributed by atoms with Crippen molar-refractivity contribution in [3.05, 3.63) is 65.0 Å². The monoisotopic (exact) mass is 410 g/mol. The molecule has 0 bridgehead atoms. The molecule has 0 saturated carbocycles. The average Bonchev–Trinajstić information content (AvgIpc) is 2.97. The van der Waals surface area contributed by atoms with Gasteiger partial charge < -0.3 is 20.1 Å². The molecule has 0 aliphatic rings. The van der Waals surface area contributed by atoms with Crippen molar-refractivity contribution in [3.8, 4) is 11.5 Å². The van der Waals surface area contributed by atoms with E-state index in [0.717, 1.165) is 29.3 Å². The minimum absolute atomic E-state index is 0.485. The number of anilines is 2. The van der Waals surface area contributed by atoms with E-state index in [0.29, 0.717) is 16.6 Å². The summed E-state index contributed by atoms with van der Waals surface area (Å²) < 4.78 is 12.6. The van der Waals surface area contributed by atoms with Gasteiger partial charge in [-0.15, -0.1) is 0 Å². The van der Waals surface area contributed by atoms with Gasteiger partial charge in [-0.3, -0.25) is 4.68 Å². The highest BCUT2D eigenvalue weighted by molar-refractivity contribution is 7.80. The lowest BCUT2D eigenvalue weighted by Gasteiger charge is -2.13. The van der Waals surface area contributed by atoms with Crippen molar-refractivity contribution in [1.82, 2.24) is 9.78 Å². The van der Waals surface area contributed by atoms with Gasteiger partial charge in [-0.2, -0.15) is 5.10 Å². The zero-order valence-corrected chi connectivity index (χ0v) is 18.2. The number of nitrogens with one attached hydrogen (secondary N) is 2. The van der Waals surface area contributed by atoms with Crippen LogP contribution in [0, 0.1) is 20.8 Å². The zero-order valence-electron chi connectivity index (χ0n) is 17.4. The van der Waals surface area contributed by atoms with E-state index in [9.17, 15) is 0 Å². The van der Waals surface area contributed by atoms with Crippen LogP contribution in [0.25, 0.3) is 0 Å². The molecule has 1 aromatic heterocycles. The number of methoxy groups -OCH3 is 2. The first-order valence-electron chi connectivity index (χ1n) is 9.31. The fraction of sp³-hybridized carbons (Fsp3) is 0.273. The number of hydrogen-bond donors (Lipinski definition) is 2. The first-order chi connectivity index (χ1) is 13.9. The standard InChI is InChI=1S/C22H26N4O2S/c1-14-8-6-7-9-17(14)13-26-16(3)21(15(2)25-26)24-22(29)23-18-10-11-19(27-4)20(12-18)28-5/h6-12H,13H2,1-5H3,(H2,23,24,29). The molecule has 7 heteroatoms. The van der Waals surface area contributed by atoms with Gasteiger partial charge in [-0.05, 0) is 56.2 Å². The molecule has 0 spiro atoms. The second-order valence-corrected chi connectivity index (χ2v) is 7.19. The summed E-state index contributed by atoms with van der Waals surface area (Å²) in [5.74, 6) is 1.31. The van der Waals surface area contributed by atoms with E-state index in [4.69, 9.17) is 21.7 Å². The average molecular weight is 411 g/mol. The molecule has 0 atom stereocenters. The molecule has 0 radical (unpaired) electrons. The summed E-state index contributed by atoms with van der Waals surface area (Å²) in [5, 5.41) is 11.6. The lowest BCUT2D eigenvalue weighted by Crippen LogP contribution is -2.20. The van der Waals surface area contributed by atoms with Crippen molar-refractivity contribution in [3.63, 3.8) is 0 Å². The van der Waals surface area contributed by atoms with Crippen LogP contribution in [-0.4, -0.2) is 29.1 Å². The Morgan fingerprint density at radius 1 is 1.00 bits per heavy atom. The number of rotatable bonds is 6. The highest BCUT2D eigenvalue weighted by Gasteiger charge is 2.14. The highest BCUT2D eigenvalue weighted by atomic mass is 32.1. The minimum atomic E-state index is 0.485. The molecule has 0 fully saturated rings. The predicted octanol–water partition coefficient (Wildman–Crippen LogP) is 4.68. The normalized spacial score (nSPS) is 10.5. The fourth-order valence-corrected chi connectivity index (χ4v) is 3.39. The number of nitrogens with zero attached hydrogens (tertiary/aromatic N) is 2. The molecule has 0 aliphatic carbocycles. The van der Waals surface area contributed by atoms with Gasteiger partial charge in [0.05, 0.1) is 37.8 Å². The van der Waals surface area contributed by atoms with Crippen LogP contribution in [0.2, 0.25) is 0 Å². The molecule has 0 aliphatic heterocycles. The Balaban J connectivity index is 1.74. The number of aryl methyl sites for hydroxylation is 2. The number of aromatic nitrogens is 2. The van der Waals surface area contributed by atoms with Gasteiger partial charge in [0, 0.05) is 11.8 Å². The minimum Gasteiger partial charge on any atom is -0.493 e. The Labute approximate surface area is 176 Å². The van der Waals surface area contributed by atoms with Crippen LogP contribution < -0.4 is 20.1 Å². The lowest BCUT2D eigenvalue weighted by atomic mass is 10.1. The largest absolute Gasteiger partial charge is 0.493 e. The Kier molecular flexibility index (Phi) is 6.39. The smallest absolute Gasteiger partial charge is 0.175 e. The molecule has 3 aromatic rings. The summed E-state index contributed by atoms with van der Waals surface area (Å²) in [7, 11) is 3.21. The van der Waals surface area contributed by atoms with Gasteiger partial charge in [-0.1, -0.05) is 24.3 Å². The number of thiocarbonyl (C=S) groups is 1. The van der Waals surface area contributed by atoms with Crippen molar-refractivity contribution in [1.29, 1.82) is 0 Å². The molecule has 6 nitrogen and oxygen atoms in total. The zero-order chi connectivity index (χ0) is 21.0. The van der Waals surface area contributed by atoms with E-state index in [1.807, 2.05) is 42.8 Å². The second-order valence-electron chi connectivity index (χ2n) is 6.78. The SMILES string of the molecule is COc1ccc(NC(=S)Nc2c(C)nn(Cc3ccccc3C)c2C)cc1OC. The number of benzene rings is 2. The van der Waals surface area contributed by atoms with E-state index in [1.165, 1.54) is 11.1 Å². The van der Waals surface area contributed by atoms with Gasteiger partial charge in [0.25, 0.3) is 0 Å². The van der Waals surface area contributed by atoms with Crippen molar-refractivity contribution in [2.24, 2.45) is 0 Å². The van der Waals surface area contributed by atoms with Gasteiger partial charge in [0.15, 0.2) is 16.6 Å². The Hall–Kier alpha value is -3.06. The van der Waals surface area contributed by atoms with Crippen molar-refractivity contribution in [2.45, 2.75) is 27.3 Å². The van der Waals surface area contributed by atoms with Crippen LogP contribution in [-0.2, 0) is 6.54 Å². The molecular weight excluding hydrogens is 384 g/mol. The quantitative estimate of drug-likeness (QED) is 0.575. The first-order valence-corrected chi connectivity index (χ1v) is 9.72. The van der Waals surface area contributed by atoms with Gasteiger partial charge in [0.2, 0.25) is 0 Å². The second kappa shape index (κ2) is 8.96. The maximum Gasteiger partial charge on any atom is 0.175 e. The highest BCUT2D eigenvalue weighted by Crippen LogP contribution is 2.30. The van der Waals surface area contributed by atoms with Crippen molar-refractivity contribution >= 4 is 28.7 Å². The van der Waals surface area contributed by atoms with Crippen LogP contribution >= 0.6 is 12.2 Å². The molecule has 2 N–H and O–H groups in total. The predicted molar refractivity (Wildman–Crippen MR) is 121 cm³/mol. The molecule has 0 unspecified atom stereocenters. The first kappa shape index (κ1) is 20.7. The van der Waals surface area contributed by atoms with Gasteiger partial charge >= 0.3 is 0 Å². The lowest BCUT2D eigenvalue weighted by molar-refractivity contribution is 0.355. The van der Waals surface area contributed by atoms with Crippen LogP contribution in [0.3, 0.4) is 0 Å². The van der Waals surface area contributed by atoms with Crippen molar-refractivity contribution < 1.29 is 9.47 Å². The molecule has 3 rings (SSSR count). The summed E-state index contributed by atoms with van der Waals surface area (Å²) in [5.41, 5.74) is 6.14. The maximum absolute atomic E-state index is 5.51. The molecule has 0 saturated heterocycles. The van der Waals surface area contributed by atoms with Crippen LogP contribution in [0.4, 0.5) is 11.4 Å². The number of ether oxygens (including phenoxy) is 2. The van der Waals surface area contributed by atoms with E-state index in [2.05, 4.69) is 40.9 Å². The third kappa shape index (κ3) is 4.68. The summed E-state index contributed by atoms with van der Waals surface area (Å²) in [6.45, 7) is 6.85. The molecule has 152 valence electrons. The van der Waals surface area contributed by atoms with E-state index >= 15 is 0 Å². The van der Waals surface area contributed by atoms with Crippen LogP contribution in [0.5, 0.6) is 11.5 Å². The molecule has 0 amide bonds. The Bertz CT molecular complexity index is 1030. The summed E-state index contributed by atoms with van der Waals surface area (Å²) >= 11 is 5.51. The topological polar surface area (TPSA) is 60.3 Å². The Morgan fingerprint density at radius 3 is 2.41 bits per heavy atom. The molecular formula is C22H26N4O2S. The molecule has 2 aromatic carbocycles. The fourth-order valence-electron chi connectivity index (χ4n) is 3.17. The van der Waals surface area contributed by atoms with Crippen molar-refractivity contribution in [2.75, 3.05) is 24.9 Å². The van der Waals surface area contributed by atoms with Gasteiger partial charge in [-0.25, -0.2) is 0 Å².